The second-order valence-electron chi connectivity index (χ2n) is 4.43. The highest BCUT2D eigenvalue weighted by atomic mass is 79.9. The van der Waals surface area contributed by atoms with Gasteiger partial charge in [0.05, 0.1) is 0 Å². The smallest absolute Gasteiger partial charge is 0.127 e. The number of nitrogens with two attached hydrogens (primary N) is 1. The Labute approximate surface area is 98.0 Å². The summed E-state index contributed by atoms with van der Waals surface area (Å²) in [6.45, 7) is 1.76. The lowest BCUT2D eigenvalue weighted by molar-refractivity contribution is 0.457. The van der Waals surface area contributed by atoms with Gasteiger partial charge in [-0.25, -0.2) is 4.39 Å². The van der Waals surface area contributed by atoms with Crippen LogP contribution in [-0.4, -0.2) is 0 Å². The fourth-order valence-corrected chi connectivity index (χ4v) is 2.66. The lowest BCUT2D eigenvalue weighted by Crippen LogP contribution is -2.33. The number of rotatable bonds is 1. The largest absolute Gasteiger partial charge is 0.321 e. The quantitative estimate of drug-likeness (QED) is 0.830. The van der Waals surface area contributed by atoms with Gasteiger partial charge in [-0.1, -0.05) is 28.8 Å². The summed E-state index contributed by atoms with van der Waals surface area (Å²) in [4.78, 5) is 0. The molecule has 15 heavy (non-hydrogen) atoms. The van der Waals surface area contributed by atoms with Crippen LogP contribution in [0, 0.1) is 12.7 Å². The summed E-state index contributed by atoms with van der Waals surface area (Å²) < 4.78 is 14.4. The first-order chi connectivity index (χ1) is 7.03. The second-order valence-corrected chi connectivity index (χ2v) is 5.28. The minimum atomic E-state index is -0.308. The van der Waals surface area contributed by atoms with Crippen molar-refractivity contribution in [2.24, 2.45) is 5.73 Å². The highest BCUT2D eigenvalue weighted by molar-refractivity contribution is 9.10. The van der Waals surface area contributed by atoms with Crippen LogP contribution in [0.25, 0.3) is 0 Å². The first-order valence-electron chi connectivity index (χ1n) is 5.28. The molecule has 0 saturated heterocycles. The average Bonchev–Trinajstić information content (AvgIpc) is 2.62. The van der Waals surface area contributed by atoms with Crippen molar-refractivity contribution >= 4 is 15.9 Å². The molecule has 82 valence electrons. The molecule has 0 aliphatic heterocycles. The van der Waals surface area contributed by atoms with Crippen LogP contribution in [0.3, 0.4) is 0 Å². The summed E-state index contributed by atoms with van der Waals surface area (Å²) in [6, 6.07) is 3.55. The van der Waals surface area contributed by atoms with E-state index in [9.17, 15) is 4.39 Å². The monoisotopic (exact) mass is 271 g/mol. The van der Waals surface area contributed by atoms with E-state index >= 15 is 0 Å². The van der Waals surface area contributed by atoms with Crippen molar-refractivity contribution in [3.05, 3.63) is 33.5 Å². The molecule has 2 N–H and O–H groups in total. The van der Waals surface area contributed by atoms with Crippen molar-refractivity contribution < 1.29 is 4.39 Å². The minimum Gasteiger partial charge on any atom is -0.321 e. The highest BCUT2D eigenvalue weighted by Gasteiger charge is 2.31. The zero-order chi connectivity index (χ0) is 11.1. The number of halogens is 2. The maximum atomic E-state index is 13.6. The molecule has 0 amide bonds. The Morgan fingerprint density at radius 3 is 2.47 bits per heavy atom. The van der Waals surface area contributed by atoms with Crippen LogP contribution in [0.4, 0.5) is 4.39 Å². The van der Waals surface area contributed by atoms with E-state index in [2.05, 4.69) is 15.9 Å². The molecule has 0 unspecified atom stereocenters. The van der Waals surface area contributed by atoms with E-state index in [0.717, 1.165) is 35.7 Å². The third kappa shape index (κ3) is 1.95. The maximum Gasteiger partial charge on any atom is 0.127 e. The molecule has 1 aliphatic rings. The third-order valence-electron chi connectivity index (χ3n) is 3.35. The minimum absolute atomic E-state index is 0.170. The van der Waals surface area contributed by atoms with Crippen LogP contribution in [0.15, 0.2) is 16.6 Å². The molecule has 0 aromatic heterocycles. The van der Waals surface area contributed by atoms with Crippen LogP contribution in [0.5, 0.6) is 0 Å². The zero-order valence-electron chi connectivity index (χ0n) is 8.82. The van der Waals surface area contributed by atoms with Crippen LogP contribution < -0.4 is 5.73 Å². The average molecular weight is 272 g/mol. The molecule has 0 atom stereocenters. The SMILES string of the molecule is Cc1c(F)cc(C2(N)CCCC2)cc1Br. The van der Waals surface area contributed by atoms with Crippen LogP contribution in [0.1, 0.15) is 36.8 Å². The van der Waals surface area contributed by atoms with E-state index < -0.39 is 0 Å². The third-order valence-corrected chi connectivity index (χ3v) is 4.18. The van der Waals surface area contributed by atoms with Crippen LogP contribution in [0.2, 0.25) is 0 Å². The van der Waals surface area contributed by atoms with Crippen LogP contribution >= 0.6 is 15.9 Å². The second kappa shape index (κ2) is 3.87. The first kappa shape index (κ1) is 11.1. The van der Waals surface area contributed by atoms with Crippen molar-refractivity contribution in [1.29, 1.82) is 0 Å². The van der Waals surface area contributed by atoms with Gasteiger partial charge in [-0.05, 0) is 43.0 Å². The number of hydrogen-bond donors (Lipinski definition) is 1. The van der Waals surface area contributed by atoms with E-state index in [4.69, 9.17) is 5.73 Å². The van der Waals surface area contributed by atoms with Gasteiger partial charge >= 0.3 is 0 Å². The van der Waals surface area contributed by atoms with Gasteiger partial charge in [-0.3, -0.25) is 0 Å². The normalized spacial score (nSPS) is 19.5. The zero-order valence-corrected chi connectivity index (χ0v) is 10.4. The van der Waals surface area contributed by atoms with Gasteiger partial charge in [0.2, 0.25) is 0 Å². The number of hydrogen-bond acceptors (Lipinski definition) is 1. The maximum absolute atomic E-state index is 13.6. The molecule has 1 aromatic rings. The summed E-state index contributed by atoms with van der Waals surface area (Å²) in [5.41, 5.74) is 7.55. The lowest BCUT2D eigenvalue weighted by atomic mass is 9.89. The molecule has 2 rings (SSSR count). The van der Waals surface area contributed by atoms with E-state index in [1.807, 2.05) is 6.07 Å². The predicted octanol–water partition coefficient (Wildman–Crippen LogP) is 3.62. The summed E-state index contributed by atoms with van der Waals surface area (Å²) in [6.07, 6.45) is 4.21. The van der Waals surface area contributed by atoms with Crippen molar-refractivity contribution in [2.45, 2.75) is 38.1 Å². The Morgan fingerprint density at radius 2 is 1.93 bits per heavy atom. The van der Waals surface area contributed by atoms with E-state index in [1.54, 1.807) is 13.0 Å². The van der Waals surface area contributed by atoms with E-state index in [0.29, 0.717) is 5.56 Å². The number of benzene rings is 1. The summed E-state index contributed by atoms with van der Waals surface area (Å²) in [7, 11) is 0. The van der Waals surface area contributed by atoms with Gasteiger partial charge in [-0.15, -0.1) is 0 Å². The molecule has 1 nitrogen and oxygen atoms in total. The molecule has 0 spiro atoms. The Morgan fingerprint density at radius 1 is 1.33 bits per heavy atom. The predicted molar refractivity (Wildman–Crippen MR) is 63.2 cm³/mol. The topological polar surface area (TPSA) is 26.0 Å². The lowest BCUT2D eigenvalue weighted by Gasteiger charge is -2.25. The Bertz CT molecular complexity index is 360. The fraction of sp³-hybridized carbons (Fsp3) is 0.500. The Kier molecular flexibility index (Phi) is 2.86. The van der Waals surface area contributed by atoms with Gasteiger partial charge in [0.25, 0.3) is 0 Å². The molecule has 0 radical (unpaired) electrons. The molecule has 0 heterocycles. The Balaban J connectivity index is 2.45. The van der Waals surface area contributed by atoms with E-state index in [1.165, 1.54) is 0 Å². The molecule has 1 fully saturated rings. The van der Waals surface area contributed by atoms with E-state index in [-0.39, 0.29) is 11.4 Å². The summed E-state index contributed by atoms with van der Waals surface area (Å²) >= 11 is 3.37. The van der Waals surface area contributed by atoms with Gasteiger partial charge < -0.3 is 5.73 Å². The summed E-state index contributed by atoms with van der Waals surface area (Å²) in [5.74, 6) is -0.170. The molecule has 1 aliphatic carbocycles. The van der Waals surface area contributed by atoms with Gasteiger partial charge in [0.1, 0.15) is 5.82 Å². The molecular formula is C12H15BrFN. The summed E-state index contributed by atoms with van der Waals surface area (Å²) in [5, 5.41) is 0. The molecular weight excluding hydrogens is 257 g/mol. The fourth-order valence-electron chi connectivity index (χ4n) is 2.23. The Hall–Kier alpha value is -0.410. The molecule has 1 aromatic carbocycles. The van der Waals surface area contributed by atoms with Gasteiger partial charge in [-0.2, -0.15) is 0 Å². The first-order valence-corrected chi connectivity index (χ1v) is 6.07. The van der Waals surface area contributed by atoms with Crippen molar-refractivity contribution in [3.8, 4) is 0 Å². The van der Waals surface area contributed by atoms with Gasteiger partial charge in [0.15, 0.2) is 0 Å². The highest BCUT2D eigenvalue weighted by Crippen LogP contribution is 2.38. The standard InChI is InChI=1S/C12H15BrFN/c1-8-10(13)6-9(7-11(8)14)12(15)4-2-3-5-12/h6-7H,2-5,15H2,1H3. The molecule has 1 saturated carbocycles. The van der Waals surface area contributed by atoms with Crippen molar-refractivity contribution in [2.75, 3.05) is 0 Å². The van der Waals surface area contributed by atoms with Gasteiger partial charge in [0, 0.05) is 10.0 Å². The van der Waals surface area contributed by atoms with Crippen molar-refractivity contribution in [3.63, 3.8) is 0 Å². The molecule has 3 heteroatoms. The van der Waals surface area contributed by atoms with Crippen LogP contribution in [-0.2, 0) is 5.54 Å². The van der Waals surface area contributed by atoms with Crippen molar-refractivity contribution in [1.82, 2.24) is 0 Å². The molecule has 0 bridgehead atoms.